The van der Waals surface area contributed by atoms with Crippen LogP contribution in [-0.4, -0.2) is 38.6 Å². The van der Waals surface area contributed by atoms with Crippen molar-refractivity contribution in [3.05, 3.63) is 0 Å². The third-order valence-electron chi connectivity index (χ3n) is 2.78. The SMILES string of the molecule is CC12O[C@@H](O)C1N1C(=O)CC1S2. The number of β-lactam (4-membered cyclic amide) rings is 1. The lowest BCUT2D eigenvalue weighted by molar-refractivity contribution is -0.288. The van der Waals surface area contributed by atoms with Gasteiger partial charge in [0, 0.05) is 0 Å². The highest BCUT2D eigenvalue weighted by molar-refractivity contribution is 8.01. The summed E-state index contributed by atoms with van der Waals surface area (Å²) >= 11 is 1.64. The fourth-order valence-electron chi connectivity index (χ4n) is 2.15. The quantitative estimate of drug-likeness (QED) is 0.530. The summed E-state index contributed by atoms with van der Waals surface area (Å²) in [5.74, 6) is 0.142. The number of hydrogen-bond acceptors (Lipinski definition) is 4. The Balaban J connectivity index is 1.94. The fraction of sp³-hybridized carbons (Fsp3) is 0.857. The van der Waals surface area contributed by atoms with Crippen LogP contribution in [0.5, 0.6) is 0 Å². The monoisotopic (exact) mass is 187 g/mol. The summed E-state index contributed by atoms with van der Waals surface area (Å²) in [6, 6.07) is -0.103. The number of fused-ring (bicyclic) bond motifs is 3. The maximum absolute atomic E-state index is 11.1. The molecule has 12 heavy (non-hydrogen) atoms. The van der Waals surface area contributed by atoms with E-state index in [2.05, 4.69) is 0 Å². The average Bonchev–Trinajstić information content (AvgIpc) is 2.16. The van der Waals surface area contributed by atoms with Gasteiger partial charge < -0.3 is 14.7 Å². The number of ether oxygens (including phenoxy) is 1. The Morgan fingerprint density at radius 1 is 1.83 bits per heavy atom. The summed E-state index contributed by atoms with van der Waals surface area (Å²) in [7, 11) is 0. The van der Waals surface area contributed by atoms with Gasteiger partial charge in [0.05, 0.1) is 11.8 Å². The lowest BCUT2D eigenvalue weighted by Crippen LogP contribution is -2.67. The van der Waals surface area contributed by atoms with E-state index in [0.29, 0.717) is 6.42 Å². The topological polar surface area (TPSA) is 49.8 Å². The molecule has 0 aliphatic carbocycles. The number of amides is 1. The largest absolute Gasteiger partial charge is 0.366 e. The molecule has 0 aromatic carbocycles. The minimum absolute atomic E-state index is 0.103. The Morgan fingerprint density at radius 2 is 2.58 bits per heavy atom. The highest BCUT2D eigenvalue weighted by Crippen LogP contribution is 2.57. The van der Waals surface area contributed by atoms with Gasteiger partial charge in [0.15, 0.2) is 6.29 Å². The van der Waals surface area contributed by atoms with E-state index in [1.54, 1.807) is 16.7 Å². The first-order valence-corrected chi connectivity index (χ1v) is 4.85. The molecule has 66 valence electrons. The normalized spacial score (nSPS) is 55.7. The molecular formula is C7H9NO3S. The summed E-state index contributed by atoms with van der Waals surface area (Å²) in [6.45, 7) is 1.93. The zero-order valence-corrected chi connectivity index (χ0v) is 7.37. The first kappa shape index (κ1) is 7.17. The Morgan fingerprint density at radius 3 is 3.08 bits per heavy atom. The second-order valence-electron chi connectivity index (χ2n) is 3.55. The lowest BCUT2D eigenvalue weighted by atomic mass is 10.00. The van der Waals surface area contributed by atoms with Gasteiger partial charge in [0.25, 0.3) is 0 Å². The Labute approximate surface area is 73.9 Å². The van der Waals surface area contributed by atoms with E-state index in [9.17, 15) is 9.90 Å². The van der Waals surface area contributed by atoms with Crippen molar-refractivity contribution in [2.45, 2.75) is 36.0 Å². The van der Waals surface area contributed by atoms with Crippen LogP contribution in [0.25, 0.3) is 0 Å². The fourth-order valence-corrected chi connectivity index (χ4v) is 3.80. The molecule has 3 aliphatic heterocycles. The van der Waals surface area contributed by atoms with Crippen molar-refractivity contribution in [1.82, 2.24) is 4.90 Å². The number of nitrogens with zero attached hydrogens (tertiary/aromatic N) is 1. The molecule has 0 saturated carbocycles. The van der Waals surface area contributed by atoms with Crippen LogP contribution in [0.15, 0.2) is 0 Å². The third kappa shape index (κ3) is 0.582. The Bertz CT molecular complexity index is 271. The van der Waals surface area contributed by atoms with E-state index < -0.39 is 6.29 Å². The van der Waals surface area contributed by atoms with E-state index in [4.69, 9.17) is 4.74 Å². The van der Waals surface area contributed by atoms with Crippen molar-refractivity contribution in [2.24, 2.45) is 0 Å². The van der Waals surface area contributed by atoms with Gasteiger partial charge in [0.2, 0.25) is 5.91 Å². The van der Waals surface area contributed by atoms with Gasteiger partial charge in [-0.25, -0.2) is 0 Å². The molecule has 0 aromatic rings. The first-order chi connectivity index (χ1) is 5.62. The molecule has 0 aromatic heterocycles. The van der Waals surface area contributed by atoms with Crippen LogP contribution < -0.4 is 0 Å². The molecule has 3 saturated heterocycles. The molecule has 5 heteroatoms. The first-order valence-electron chi connectivity index (χ1n) is 3.97. The van der Waals surface area contributed by atoms with Crippen molar-refractivity contribution >= 4 is 17.7 Å². The summed E-state index contributed by atoms with van der Waals surface area (Å²) < 4.78 is 5.20. The molecule has 3 fully saturated rings. The van der Waals surface area contributed by atoms with Gasteiger partial charge in [-0.15, -0.1) is 0 Å². The molecule has 4 atom stereocenters. The third-order valence-corrected chi connectivity index (χ3v) is 4.25. The average molecular weight is 187 g/mol. The predicted octanol–water partition coefficient (Wildman–Crippen LogP) is -0.275. The highest BCUT2D eigenvalue weighted by atomic mass is 32.2. The second kappa shape index (κ2) is 1.81. The number of carbonyl (C=O) groups is 1. The number of thioether (sulfide) groups is 1. The summed E-state index contributed by atoms with van der Waals surface area (Å²) in [5.41, 5.74) is 0. The van der Waals surface area contributed by atoms with Gasteiger partial charge in [-0.3, -0.25) is 4.79 Å². The second-order valence-corrected chi connectivity index (χ2v) is 5.14. The van der Waals surface area contributed by atoms with Crippen LogP contribution in [0.1, 0.15) is 13.3 Å². The van der Waals surface area contributed by atoms with Crippen molar-refractivity contribution < 1.29 is 14.6 Å². The van der Waals surface area contributed by atoms with Crippen LogP contribution in [-0.2, 0) is 9.53 Å². The summed E-state index contributed by atoms with van der Waals surface area (Å²) in [4.78, 5) is 12.5. The smallest absolute Gasteiger partial charge is 0.227 e. The van der Waals surface area contributed by atoms with Crippen molar-refractivity contribution in [3.63, 3.8) is 0 Å². The number of aliphatic hydroxyl groups is 1. The van der Waals surface area contributed by atoms with Gasteiger partial charge in [-0.1, -0.05) is 11.8 Å². The predicted molar refractivity (Wildman–Crippen MR) is 42.1 cm³/mol. The Hall–Kier alpha value is -0.260. The zero-order chi connectivity index (χ0) is 8.51. The molecule has 3 heterocycles. The van der Waals surface area contributed by atoms with Gasteiger partial charge in [-0.2, -0.15) is 0 Å². The van der Waals surface area contributed by atoms with E-state index in [0.717, 1.165) is 0 Å². The van der Waals surface area contributed by atoms with Gasteiger partial charge >= 0.3 is 0 Å². The van der Waals surface area contributed by atoms with Gasteiger partial charge in [0.1, 0.15) is 11.0 Å². The molecule has 0 spiro atoms. The number of rotatable bonds is 0. The molecule has 3 aliphatic rings. The van der Waals surface area contributed by atoms with Crippen LogP contribution in [0.4, 0.5) is 0 Å². The zero-order valence-electron chi connectivity index (χ0n) is 6.56. The van der Waals surface area contributed by atoms with E-state index in [1.807, 2.05) is 6.92 Å². The molecule has 3 rings (SSSR count). The maximum atomic E-state index is 11.1. The number of aliphatic hydroxyl groups excluding tert-OH is 1. The van der Waals surface area contributed by atoms with Crippen molar-refractivity contribution in [3.8, 4) is 0 Å². The molecule has 4 nitrogen and oxygen atoms in total. The molecule has 1 amide bonds. The molecule has 0 radical (unpaired) electrons. The molecule has 0 bridgehead atoms. The summed E-state index contributed by atoms with van der Waals surface area (Å²) in [6.07, 6.45) is -0.163. The standard InChI is InChI=1S/C7H9NO3S/c1-7-5(6(10)11-7)8-3(9)2-4(8)12-7/h4-6,10H,2H2,1H3/t4?,5?,6-,7?/m1/s1. The highest BCUT2D eigenvalue weighted by Gasteiger charge is 2.67. The van der Waals surface area contributed by atoms with Crippen LogP contribution in [0.2, 0.25) is 0 Å². The van der Waals surface area contributed by atoms with Crippen molar-refractivity contribution in [2.75, 3.05) is 0 Å². The minimum atomic E-state index is -0.767. The van der Waals surface area contributed by atoms with Gasteiger partial charge in [-0.05, 0) is 6.92 Å². The summed E-state index contributed by atoms with van der Waals surface area (Å²) in [5, 5.41) is 9.55. The Kier molecular flexibility index (Phi) is 1.08. The number of carbonyl (C=O) groups excluding carboxylic acids is 1. The molecule has 1 N–H and O–H groups in total. The van der Waals surface area contributed by atoms with Crippen LogP contribution >= 0.6 is 11.8 Å². The minimum Gasteiger partial charge on any atom is -0.366 e. The molecule has 3 unspecified atom stereocenters. The van der Waals surface area contributed by atoms with Crippen LogP contribution in [0, 0.1) is 0 Å². The van der Waals surface area contributed by atoms with Crippen LogP contribution in [0.3, 0.4) is 0 Å². The lowest BCUT2D eigenvalue weighted by Gasteiger charge is -2.48. The van der Waals surface area contributed by atoms with E-state index in [1.165, 1.54) is 0 Å². The van der Waals surface area contributed by atoms with E-state index in [-0.39, 0.29) is 22.3 Å². The number of hydrogen-bond donors (Lipinski definition) is 1. The molecular weight excluding hydrogens is 178 g/mol. The van der Waals surface area contributed by atoms with E-state index >= 15 is 0 Å². The van der Waals surface area contributed by atoms with Crippen molar-refractivity contribution in [1.29, 1.82) is 0 Å². The maximum Gasteiger partial charge on any atom is 0.227 e.